The lowest BCUT2D eigenvalue weighted by atomic mass is 9.87. The summed E-state index contributed by atoms with van der Waals surface area (Å²) in [6, 6.07) is 23.1. The topological polar surface area (TPSA) is 26.3 Å². The largest absolute Gasteiger partial charge is 0.453 e. The predicted molar refractivity (Wildman–Crippen MR) is 135 cm³/mol. The van der Waals surface area contributed by atoms with Gasteiger partial charge in [-0.05, 0) is 59.8 Å². The van der Waals surface area contributed by atoms with Gasteiger partial charge in [-0.2, -0.15) is 0 Å². The fourth-order valence-corrected chi connectivity index (χ4v) is 5.60. The number of hydrogen-bond donors (Lipinski definition) is 0. The van der Waals surface area contributed by atoms with Gasteiger partial charge in [-0.1, -0.05) is 75.4 Å². The van der Waals surface area contributed by atoms with Crippen molar-refractivity contribution in [2.75, 3.05) is 0 Å². The summed E-state index contributed by atoms with van der Waals surface area (Å²) < 4.78 is 7.68. The molecule has 3 aromatic carbocycles. The van der Waals surface area contributed by atoms with Gasteiger partial charge in [-0.25, -0.2) is 4.79 Å². The molecule has 0 atom stereocenters. The van der Waals surface area contributed by atoms with Crippen LogP contribution in [0.2, 0.25) is 0 Å². The lowest BCUT2D eigenvalue weighted by Crippen LogP contribution is -2.15. The van der Waals surface area contributed by atoms with Gasteiger partial charge < -0.3 is 4.74 Å². The highest BCUT2D eigenvalue weighted by Crippen LogP contribution is 2.42. The van der Waals surface area contributed by atoms with E-state index < -0.39 is 0 Å². The van der Waals surface area contributed by atoms with Gasteiger partial charge in [-0.15, -0.1) is 11.3 Å². The Morgan fingerprint density at radius 1 is 0.839 bits per heavy atom. The van der Waals surface area contributed by atoms with E-state index in [-0.39, 0.29) is 15.5 Å². The molecule has 160 valence electrons. The molecular weight excluding hydrogens is 420 g/mol. The van der Waals surface area contributed by atoms with Crippen molar-refractivity contribution in [3.05, 3.63) is 83.4 Å². The van der Waals surface area contributed by atoms with Gasteiger partial charge in [0.15, 0.2) is 0 Å². The third-order valence-corrected chi connectivity index (χ3v) is 7.72. The zero-order valence-electron chi connectivity index (χ0n) is 18.7. The Morgan fingerprint density at radius 3 is 2.03 bits per heavy atom. The smallest absolute Gasteiger partial charge is 0.368 e. The van der Waals surface area contributed by atoms with Crippen LogP contribution in [0.1, 0.15) is 51.3 Å². The molecule has 0 aliphatic heterocycles. The fraction of sp³-hybridized carbons (Fsp3) is 0.296. The van der Waals surface area contributed by atoms with Crippen molar-refractivity contribution in [3.8, 4) is 0 Å². The van der Waals surface area contributed by atoms with Crippen LogP contribution in [-0.2, 0) is 21.5 Å². The second-order valence-corrected chi connectivity index (χ2v) is 12.1. The average Bonchev–Trinajstić information content (AvgIpc) is 3.09. The van der Waals surface area contributed by atoms with E-state index in [1.165, 1.54) is 37.5 Å². The number of fused-ring (bicyclic) bond motifs is 3. The van der Waals surface area contributed by atoms with Crippen molar-refractivity contribution < 1.29 is 9.53 Å². The Bertz CT molecular complexity index is 1230. The van der Waals surface area contributed by atoms with Gasteiger partial charge in [0, 0.05) is 24.9 Å². The number of thioether (sulfide) groups is 1. The molecule has 0 bridgehead atoms. The summed E-state index contributed by atoms with van der Waals surface area (Å²) in [4.78, 5) is 12.5. The second-order valence-electron chi connectivity index (χ2n) is 9.41. The molecule has 1 aromatic heterocycles. The van der Waals surface area contributed by atoms with Crippen LogP contribution < -0.4 is 0 Å². The minimum atomic E-state index is -0.380. The highest BCUT2D eigenvalue weighted by Gasteiger charge is 2.27. The first-order valence-electron chi connectivity index (χ1n) is 10.5. The van der Waals surface area contributed by atoms with Crippen LogP contribution in [0.15, 0.2) is 66.7 Å². The van der Waals surface area contributed by atoms with Gasteiger partial charge in [0.05, 0.1) is 0 Å². The molecule has 4 rings (SSSR count). The molecule has 31 heavy (non-hydrogen) atoms. The number of hydrogen-bond acceptors (Lipinski definition) is 4. The SMILES string of the molecule is CC(C)(C)c1ccc2c(c1)sc1cc(C(C)(C)SC(=O)OCc3ccccc3)ccc12. The van der Waals surface area contributed by atoms with Crippen molar-refractivity contribution in [1.82, 2.24) is 0 Å². The molecule has 0 aliphatic rings. The van der Waals surface area contributed by atoms with Crippen LogP contribution in [-0.4, -0.2) is 5.30 Å². The summed E-state index contributed by atoms with van der Waals surface area (Å²) in [5, 5.41) is 2.32. The van der Waals surface area contributed by atoms with E-state index in [4.69, 9.17) is 4.74 Å². The summed E-state index contributed by atoms with van der Waals surface area (Å²) in [7, 11) is 0. The van der Waals surface area contributed by atoms with E-state index in [2.05, 4.69) is 71.0 Å². The standard InChI is InChI=1S/C27H28O2S2/c1-26(2,3)19-11-13-21-22-14-12-20(16-24(22)30-23(21)15-19)27(4,5)31-25(28)29-17-18-9-7-6-8-10-18/h6-16H,17H2,1-5H3. The van der Waals surface area contributed by atoms with E-state index >= 15 is 0 Å². The lowest BCUT2D eigenvalue weighted by Gasteiger charge is -2.23. The van der Waals surface area contributed by atoms with Crippen molar-refractivity contribution in [1.29, 1.82) is 0 Å². The highest BCUT2D eigenvalue weighted by molar-refractivity contribution is 8.14. The zero-order chi connectivity index (χ0) is 22.2. The lowest BCUT2D eigenvalue weighted by molar-refractivity contribution is 0.168. The fourth-order valence-electron chi connectivity index (χ4n) is 3.63. The minimum absolute atomic E-state index is 0.133. The average molecular weight is 449 g/mol. The van der Waals surface area contributed by atoms with Crippen molar-refractivity contribution in [2.45, 2.75) is 51.4 Å². The molecule has 2 nitrogen and oxygen atoms in total. The molecule has 0 aliphatic carbocycles. The summed E-state index contributed by atoms with van der Waals surface area (Å²) in [6.45, 7) is 11.2. The number of carbonyl (C=O) groups is 1. The van der Waals surface area contributed by atoms with Crippen molar-refractivity contribution in [2.24, 2.45) is 0 Å². The highest BCUT2D eigenvalue weighted by atomic mass is 32.2. The van der Waals surface area contributed by atoms with Crippen LogP contribution in [0, 0.1) is 0 Å². The van der Waals surface area contributed by atoms with Crippen molar-refractivity contribution in [3.63, 3.8) is 0 Å². The summed E-state index contributed by atoms with van der Waals surface area (Å²) >= 11 is 3.06. The van der Waals surface area contributed by atoms with Crippen LogP contribution in [0.4, 0.5) is 4.79 Å². The maximum absolute atomic E-state index is 12.5. The van der Waals surface area contributed by atoms with E-state index in [9.17, 15) is 4.79 Å². The monoisotopic (exact) mass is 448 g/mol. The Morgan fingerprint density at radius 2 is 1.42 bits per heavy atom. The van der Waals surface area contributed by atoms with Crippen LogP contribution in [0.25, 0.3) is 20.2 Å². The third-order valence-electron chi connectivity index (χ3n) is 5.57. The Hall–Kier alpha value is -2.30. The zero-order valence-corrected chi connectivity index (χ0v) is 20.3. The third kappa shape index (κ3) is 4.81. The van der Waals surface area contributed by atoms with Gasteiger partial charge in [-0.3, -0.25) is 0 Å². The molecule has 0 unspecified atom stereocenters. The number of thiophene rings is 1. The van der Waals surface area contributed by atoms with Crippen LogP contribution in [0.3, 0.4) is 0 Å². The summed E-state index contributed by atoms with van der Waals surface area (Å²) in [6.07, 6.45) is 0. The molecule has 4 heteroatoms. The molecule has 0 fully saturated rings. The summed E-state index contributed by atoms with van der Waals surface area (Å²) in [5.41, 5.74) is 3.61. The van der Waals surface area contributed by atoms with Crippen LogP contribution in [0.5, 0.6) is 0 Å². The normalized spacial score (nSPS) is 12.4. The first kappa shape index (κ1) is 21.9. The Kier molecular flexibility index (Phi) is 5.89. The molecular formula is C27H28O2S2. The molecule has 0 saturated heterocycles. The number of carbonyl (C=O) groups excluding carboxylic acids is 1. The van der Waals surface area contributed by atoms with Gasteiger partial charge in [0.1, 0.15) is 6.61 Å². The van der Waals surface area contributed by atoms with Crippen LogP contribution >= 0.6 is 23.1 Å². The van der Waals surface area contributed by atoms with Gasteiger partial charge in [0.25, 0.3) is 0 Å². The minimum Gasteiger partial charge on any atom is -0.453 e. The number of rotatable bonds is 4. The maximum atomic E-state index is 12.5. The Balaban J connectivity index is 1.56. The molecule has 0 radical (unpaired) electrons. The quantitative estimate of drug-likeness (QED) is 0.292. The number of ether oxygens (including phenoxy) is 1. The second kappa shape index (κ2) is 8.33. The van der Waals surface area contributed by atoms with E-state index in [1.54, 1.807) is 0 Å². The molecule has 0 saturated carbocycles. The van der Waals surface area contributed by atoms with E-state index in [0.29, 0.717) is 6.61 Å². The molecule has 1 heterocycles. The maximum Gasteiger partial charge on any atom is 0.368 e. The van der Waals surface area contributed by atoms with E-state index in [0.717, 1.165) is 11.1 Å². The first-order valence-corrected chi connectivity index (χ1v) is 12.1. The number of benzene rings is 3. The summed E-state index contributed by atoms with van der Waals surface area (Å²) in [5.74, 6) is 0. The molecule has 0 amide bonds. The van der Waals surface area contributed by atoms with Gasteiger partial charge in [0.2, 0.25) is 0 Å². The molecule has 0 spiro atoms. The van der Waals surface area contributed by atoms with Gasteiger partial charge >= 0.3 is 5.30 Å². The Labute approximate surface area is 192 Å². The molecule has 0 N–H and O–H groups in total. The first-order chi connectivity index (χ1) is 14.6. The predicted octanol–water partition coefficient (Wildman–Crippen LogP) is 8.66. The van der Waals surface area contributed by atoms with E-state index in [1.807, 2.05) is 41.7 Å². The molecule has 4 aromatic rings. The van der Waals surface area contributed by atoms with Crippen molar-refractivity contribution >= 4 is 48.6 Å².